The highest BCUT2D eigenvalue weighted by atomic mass is 19.0. The predicted molar refractivity (Wildman–Crippen MR) is 61.5 cm³/mol. The molecule has 1 aliphatic rings. The van der Waals surface area contributed by atoms with Gasteiger partial charge in [-0.3, -0.25) is 4.70 Å². The van der Waals surface area contributed by atoms with Crippen LogP contribution in [-0.2, 0) is 0 Å². The second kappa shape index (κ2) is 8.22. The minimum Gasteiger partial charge on any atom is -0.300 e. The van der Waals surface area contributed by atoms with Crippen LogP contribution in [-0.4, -0.2) is 24.0 Å². The number of unbranched alkanes of at least 4 members (excludes halogenated alkanes) is 2. The SMILES string of the molecule is CCCCC1CCCN1CCCC.F. The zero-order chi connectivity index (χ0) is 9.52. The fourth-order valence-corrected chi connectivity index (χ4v) is 2.32. The summed E-state index contributed by atoms with van der Waals surface area (Å²) >= 11 is 0. The number of rotatable bonds is 6. The number of hydrogen-bond donors (Lipinski definition) is 0. The molecule has 1 rings (SSSR count). The van der Waals surface area contributed by atoms with E-state index in [2.05, 4.69) is 18.7 Å². The quantitative estimate of drug-likeness (QED) is 0.637. The summed E-state index contributed by atoms with van der Waals surface area (Å²) in [6.07, 6.45) is 9.87. The predicted octanol–water partition coefficient (Wildman–Crippen LogP) is 3.59. The summed E-state index contributed by atoms with van der Waals surface area (Å²) in [6, 6.07) is 0.937. The van der Waals surface area contributed by atoms with Gasteiger partial charge in [0.05, 0.1) is 0 Å². The molecule has 1 nitrogen and oxygen atoms in total. The maximum Gasteiger partial charge on any atom is 0.00957 e. The Kier molecular flexibility index (Phi) is 8.15. The summed E-state index contributed by atoms with van der Waals surface area (Å²) in [6.45, 7) is 7.31. The van der Waals surface area contributed by atoms with Crippen LogP contribution in [0.15, 0.2) is 0 Å². The first-order valence-electron chi connectivity index (χ1n) is 6.12. The lowest BCUT2D eigenvalue weighted by molar-refractivity contribution is 0.236. The van der Waals surface area contributed by atoms with Crippen LogP contribution in [0.5, 0.6) is 0 Å². The van der Waals surface area contributed by atoms with Gasteiger partial charge in [-0.05, 0) is 38.8 Å². The van der Waals surface area contributed by atoms with Gasteiger partial charge in [0.15, 0.2) is 0 Å². The second-order valence-corrected chi connectivity index (χ2v) is 4.33. The monoisotopic (exact) mass is 203 g/mol. The summed E-state index contributed by atoms with van der Waals surface area (Å²) in [5.41, 5.74) is 0. The molecule has 0 aliphatic carbocycles. The molecule has 2 heteroatoms. The number of hydrogen-bond acceptors (Lipinski definition) is 1. The molecule has 0 saturated carbocycles. The third-order valence-electron chi connectivity index (χ3n) is 3.19. The lowest BCUT2D eigenvalue weighted by Gasteiger charge is -2.23. The highest BCUT2D eigenvalue weighted by Crippen LogP contribution is 2.22. The van der Waals surface area contributed by atoms with Crippen molar-refractivity contribution in [1.29, 1.82) is 0 Å². The summed E-state index contributed by atoms with van der Waals surface area (Å²) < 4.78 is 0. The van der Waals surface area contributed by atoms with Gasteiger partial charge in [0.1, 0.15) is 0 Å². The number of likely N-dealkylation sites (tertiary alicyclic amines) is 1. The van der Waals surface area contributed by atoms with Crippen LogP contribution in [0.4, 0.5) is 4.70 Å². The molecular formula is C12H26FN. The molecule has 0 N–H and O–H groups in total. The van der Waals surface area contributed by atoms with E-state index < -0.39 is 0 Å². The number of halogens is 1. The fraction of sp³-hybridized carbons (Fsp3) is 1.00. The Bertz CT molecular complexity index is 113. The standard InChI is InChI=1S/C12H25N.FH/c1-3-5-8-12-9-7-11-13(12)10-6-4-2;/h12H,3-11H2,1-2H3;1H. The van der Waals surface area contributed by atoms with Gasteiger partial charge >= 0.3 is 0 Å². The molecule has 86 valence electrons. The van der Waals surface area contributed by atoms with Gasteiger partial charge in [-0.25, -0.2) is 0 Å². The summed E-state index contributed by atoms with van der Waals surface area (Å²) in [7, 11) is 0. The van der Waals surface area contributed by atoms with E-state index in [1.165, 1.54) is 58.0 Å². The molecule has 1 unspecified atom stereocenters. The van der Waals surface area contributed by atoms with Crippen LogP contribution < -0.4 is 0 Å². The van der Waals surface area contributed by atoms with Crippen LogP contribution in [0.2, 0.25) is 0 Å². The molecule has 0 aromatic rings. The van der Waals surface area contributed by atoms with Gasteiger partial charge in [0.2, 0.25) is 0 Å². The molecule has 0 spiro atoms. The largest absolute Gasteiger partial charge is 0.300 e. The van der Waals surface area contributed by atoms with E-state index in [4.69, 9.17) is 0 Å². The van der Waals surface area contributed by atoms with E-state index in [9.17, 15) is 0 Å². The van der Waals surface area contributed by atoms with E-state index >= 15 is 0 Å². The van der Waals surface area contributed by atoms with Gasteiger partial charge in [0.25, 0.3) is 0 Å². The Balaban J connectivity index is 0.00000169. The minimum atomic E-state index is 0. The van der Waals surface area contributed by atoms with Crippen LogP contribution in [0.25, 0.3) is 0 Å². The van der Waals surface area contributed by atoms with E-state index in [0.717, 1.165) is 6.04 Å². The first-order chi connectivity index (χ1) is 6.38. The molecule has 0 bridgehead atoms. The van der Waals surface area contributed by atoms with E-state index in [1.54, 1.807) is 0 Å². The molecule has 1 heterocycles. The zero-order valence-corrected chi connectivity index (χ0v) is 9.80. The van der Waals surface area contributed by atoms with Crippen molar-refractivity contribution in [2.75, 3.05) is 13.1 Å². The molecule has 0 aromatic heterocycles. The topological polar surface area (TPSA) is 3.24 Å². The van der Waals surface area contributed by atoms with Crippen LogP contribution in [0.1, 0.15) is 58.8 Å². The third-order valence-corrected chi connectivity index (χ3v) is 3.19. The van der Waals surface area contributed by atoms with Gasteiger partial charge in [-0.15, -0.1) is 0 Å². The van der Waals surface area contributed by atoms with Crippen LogP contribution >= 0.6 is 0 Å². The molecule has 1 saturated heterocycles. The molecule has 1 fully saturated rings. The van der Waals surface area contributed by atoms with E-state index in [-0.39, 0.29) is 4.70 Å². The molecular weight excluding hydrogens is 177 g/mol. The maximum atomic E-state index is 2.72. The molecule has 0 amide bonds. The lowest BCUT2D eigenvalue weighted by atomic mass is 10.1. The normalized spacial score (nSPS) is 22.3. The van der Waals surface area contributed by atoms with Crippen molar-refractivity contribution >= 4 is 0 Å². The van der Waals surface area contributed by atoms with Gasteiger partial charge in [-0.2, -0.15) is 0 Å². The lowest BCUT2D eigenvalue weighted by Crippen LogP contribution is -2.30. The van der Waals surface area contributed by atoms with Gasteiger partial charge in [-0.1, -0.05) is 33.1 Å². The van der Waals surface area contributed by atoms with Crippen molar-refractivity contribution in [1.82, 2.24) is 4.90 Å². The van der Waals surface area contributed by atoms with Crippen LogP contribution in [0, 0.1) is 0 Å². The summed E-state index contributed by atoms with van der Waals surface area (Å²) in [5, 5.41) is 0. The highest BCUT2D eigenvalue weighted by molar-refractivity contribution is 4.78. The number of nitrogens with zero attached hydrogens (tertiary/aromatic N) is 1. The molecule has 1 aliphatic heterocycles. The first kappa shape index (κ1) is 13.9. The van der Waals surface area contributed by atoms with Gasteiger partial charge in [0, 0.05) is 6.04 Å². The van der Waals surface area contributed by atoms with Crippen molar-refractivity contribution < 1.29 is 4.70 Å². The van der Waals surface area contributed by atoms with E-state index in [1.807, 2.05) is 0 Å². The van der Waals surface area contributed by atoms with Crippen LogP contribution in [0.3, 0.4) is 0 Å². The third kappa shape index (κ3) is 4.41. The molecule has 0 aromatic carbocycles. The van der Waals surface area contributed by atoms with E-state index in [0.29, 0.717) is 0 Å². The Hall–Kier alpha value is -0.110. The second-order valence-electron chi connectivity index (χ2n) is 4.33. The Labute approximate surface area is 88.2 Å². The van der Waals surface area contributed by atoms with Gasteiger partial charge < -0.3 is 4.90 Å². The zero-order valence-electron chi connectivity index (χ0n) is 9.80. The Morgan fingerprint density at radius 2 is 1.86 bits per heavy atom. The molecule has 1 atom stereocenters. The van der Waals surface area contributed by atoms with Crippen molar-refractivity contribution in [3.05, 3.63) is 0 Å². The highest BCUT2D eigenvalue weighted by Gasteiger charge is 2.22. The Morgan fingerprint density at radius 3 is 2.50 bits per heavy atom. The van der Waals surface area contributed by atoms with Crippen molar-refractivity contribution in [3.8, 4) is 0 Å². The first-order valence-corrected chi connectivity index (χ1v) is 6.12. The fourth-order valence-electron chi connectivity index (χ4n) is 2.32. The Morgan fingerprint density at radius 1 is 1.14 bits per heavy atom. The molecule has 14 heavy (non-hydrogen) atoms. The van der Waals surface area contributed by atoms with Crippen molar-refractivity contribution in [2.24, 2.45) is 0 Å². The summed E-state index contributed by atoms with van der Waals surface area (Å²) in [4.78, 5) is 2.72. The average Bonchev–Trinajstić information content (AvgIpc) is 2.59. The summed E-state index contributed by atoms with van der Waals surface area (Å²) in [5.74, 6) is 0. The maximum absolute atomic E-state index is 2.72. The minimum absolute atomic E-state index is 0. The van der Waals surface area contributed by atoms with Crippen molar-refractivity contribution in [3.63, 3.8) is 0 Å². The smallest absolute Gasteiger partial charge is 0.00957 e. The average molecular weight is 203 g/mol. The molecule has 0 radical (unpaired) electrons. The van der Waals surface area contributed by atoms with Crippen molar-refractivity contribution in [2.45, 2.75) is 64.8 Å².